The summed E-state index contributed by atoms with van der Waals surface area (Å²) in [5, 5.41) is 7.63. The van der Waals surface area contributed by atoms with Crippen LogP contribution in [-0.4, -0.2) is 54.3 Å². The van der Waals surface area contributed by atoms with Gasteiger partial charge in [0.25, 0.3) is 5.91 Å². The summed E-state index contributed by atoms with van der Waals surface area (Å²) >= 11 is 0. The minimum atomic E-state index is -0.424. The van der Waals surface area contributed by atoms with E-state index in [2.05, 4.69) is 10.4 Å². The number of carbonyl (C=O) groups excluding carboxylic acids is 3. The molecule has 0 spiro atoms. The largest absolute Gasteiger partial charge is 0.462 e. The Bertz CT molecular complexity index is 905. The molecule has 2 heterocycles. The normalized spacial score (nSPS) is 14.8. The van der Waals surface area contributed by atoms with E-state index in [4.69, 9.17) is 9.47 Å². The Morgan fingerprint density at radius 3 is 2.77 bits per heavy atom. The van der Waals surface area contributed by atoms with Gasteiger partial charge in [0, 0.05) is 37.4 Å². The maximum atomic E-state index is 12.7. The van der Waals surface area contributed by atoms with Crippen LogP contribution in [0.25, 0.3) is 0 Å². The van der Waals surface area contributed by atoms with Crippen molar-refractivity contribution in [2.45, 2.75) is 45.6 Å². The molecule has 1 aromatic heterocycles. The highest BCUT2D eigenvalue weighted by Crippen LogP contribution is 2.20. The third-order valence-corrected chi connectivity index (χ3v) is 5.19. The molecule has 0 bridgehead atoms. The number of esters is 1. The first-order valence-corrected chi connectivity index (χ1v) is 10.8. The molecule has 3 rings (SSSR count). The van der Waals surface area contributed by atoms with Crippen molar-refractivity contribution in [3.63, 3.8) is 0 Å². The number of hydrogen-bond acceptors (Lipinski definition) is 6. The van der Waals surface area contributed by atoms with Crippen LogP contribution in [0.3, 0.4) is 0 Å². The summed E-state index contributed by atoms with van der Waals surface area (Å²) in [5.74, 6) is -0.518. The summed E-state index contributed by atoms with van der Waals surface area (Å²) in [6, 6.07) is 6.32. The molecule has 2 aromatic rings. The molecule has 0 unspecified atom stereocenters. The van der Waals surface area contributed by atoms with Crippen LogP contribution in [-0.2, 0) is 28.9 Å². The van der Waals surface area contributed by atoms with Crippen molar-refractivity contribution in [1.82, 2.24) is 15.1 Å². The monoisotopic (exact) mass is 427 g/mol. The zero-order valence-corrected chi connectivity index (χ0v) is 17.9. The van der Waals surface area contributed by atoms with Gasteiger partial charge in [0.1, 0.15) is 12.0 Å². The van der Waals surface area contributed by atoms with Gasteiger partial charge in [0.2, 0.25) is 0 Å². The van der Waals surface area contributed by atoms with E-state index >= 15 is 0 Å². The van der Waals surface area contributed by atoms with Crippen LogP contribution in [0, 0.1) is 0 Å². The lowest BCUT2D eigenvalue weighted by Gasteiger charge is -2.08. The van der Waals surface area contributed by atoms with E-state index in [1.165, 1.54) is 0 Å². The maximum Gasteiger partial charge on any atom is 0.338 e. The third-order valence-electron chi connectivity index (χ3n) is 5.19. The molecule has 1 amide bonds. The molecule has 8 heteroatoms. The molecule has 0 saturated carbocycles. The number of benzene rings is 1. The van der Waals surface area contributed by atoms with E-state index in [9.17, 15) is 14.4 Å². The summed E-state index contributed by atoms with van der Waals surface area (Å²) in [4.78, 5) is 35.6. The lowest BCUT2D eigenvalue weighted by molar-refractivity contribution is 0.0500. The van der Waals surface area contributed by atoms with E-state index in [0.717, 1.165) is 36.8 Å². The Labute approximate surface area is 181 Å². The first kappa shape index (κ1) is 22.7. The molecule has 1 aromatic carbocycles. The van der Waals surface area contributed by atoms with E-state index in [1.54, 1.807) is 28.9 Å². The minimum Gasteiger partial charge on any atom is -0.462 e. The van der Waals surface area contributed by atoms with Crippen molar-refractivity contribution in [1.29, 1.82) is 0 Å². The predicted molar refractivity (Wildman–Crippen MR) is 114 cm³/mol. The van der Waals surface area contributed by atoms with Gasteiger partial charge in [-0.3, -0.25) is 14.3 Å². The topological polar surface area (TPSA) is 99.5 Å². The second kappa shape index (κ2) is 11.4. The van der Waals surface area contributed by atoms with Crippen molar-refractivity contribution < 1.29 is 23.9 Å². The van der Waals surface area contributed by atoms with Crippen molar-refractivity contribution in [2.75, 3.05) is 26.4 Å². The van der Waals surface area contributed by atoms with Crippen LogP contribution in [0.4, 0.5) is 0 Å². The lowest BCUT2D eigenvalue weighted by atomic mass is 10.0. The summed E-state index contributed by atoms with van der Waals surface area (Å²) in [7, 11) is 0. The molecular formula is C23H29N3O5. The van der Waals surface area contributed by atoms with Crippen molar-refractivity contribution >= 4 is 18.2 Å². The number of amides is 1. The molecule has 1 aliphatic heterocycles. The number of aromatic nitrogens is 2. The zero-order valence-electron chi connectivity index (χ0n) is 17.9. The van der Waals surface area contributed by atoms with Crippen molar-refractivity contribution in [2.24, 2.45) is 0 Å². The van der Waals surface area contributed by atoms with E-state index in [-0.39, 0.29) is 12.5 Å². The molecule has 8 nitrogen and oxygen atoms in total. The SMILES string of the molecule is CCn1nc(CCCOC(=O)c2ccc(C=O)cc2)c2c1C(=O)NCCCOCCC2. The van der Waals surface area contributed by atoms with Crippen LogP contribution in [0.5, 0.6) is 0 Å². The fourth-order valence-corrected chi connectivity index (χ4v) is 3.59. The van der Waals surface area contributed by atoms with Gasteiger partial charge >= 0.3 is 5.97 Å². The number of nitrogens with one attached hydrogen (secondary N) is 1. The van der Waals surface area contributed by atoms with Gasteiger partial charge in [-0.2, -0.15) is 5.10 Å². The Morgan fingerprint density at radius 2 is 2.03 bits per heavy atom. The van der Waals surface area contributed by atoms with E-state index < -0.39 is 5.97 Å². The number of hydrogen-bond donors (Lipinski definition) is 1. The summed E-state index contributed by atoms with van der Waals surface area (Å²) in [6.45, 7) is 4.70. The Balaban J connectivity index is 1.63. The first-order valence-electron chi connectivity index (χ1n) is 10.8. The van der Waals surface area contributed by atoms with Crippen LogP contribution in [0.1, 0.15) is 68.6 Å². The second-order valence-corrected chi connectivity index (χ2v) is 7.39. The number of ether oxygens (including phenoxy) is 2. The van der Waals surface area contributed by atoms with Crippen LogP contribution in [0.2, 0.25) is 0 Å². The minimum absolute atomic E-state index is 0.0947. The maximum absolute atomic E-state index is 12.7. The fraction of sp³-hybridized carbons (Fsp3) is 0.478. The van der Waals surface area contributed by atoms with Crippen LogP contribution >= 0.6 is 0 Å². The fourth-order valence-electron chi connectivity index (χ4n) is 3.59. The highest BCUT2D eigenvalue weighted by molar-refractivity contribution is 5.94. The summed E-state index contributed by atoms with van der Waals surface area (Å²) < 4.78 is 12.7. The molecule has 166 valence electrons. The molecule has 0 radical (unpaired) electrons. The molecule has 0 fully saturated rings. The average molecular weight is 428 g/mol. The van der Waals surface area contributed by atoms with E-state index in [0.29, 0.717) is 56.0 Å². The summed E-state index contributed by atoms with van der Waals surface area (Å²) in [5.41, 5.74) is 3.38. The molecule has 1 aliphatic rings. The zero-order chi connectivity index (χ0) is 22.1. The molecule has 0 aliphatic carbocycles. The molecule has 0 saturated heterocycles. The number of carbonyl (C=O) groups is 3. The van der Waals surface area contributed by atoms with Gasteiger partial charge in [0.15, 0.2) is 0 Å². The predicted octanol–water partition coefficient (Wildman–Crippen LogP) is 2.59. The second-order valence-electron chi connectivity index (χ2n) is 7.39. The first-order chi connectivity index (χ1) is 15.1. The number of fused-ring (bicyclic) bond motifs is 1. The standard InChI is InChI=1S/C23H29N3O5/c1-2-26-21-19(6-3-13-30-14-5-12-24-22(21)28)20(25-26)7-4-15-31-23(29)18-10-8-17(16-27)9-11-18/h8-11,16H,2-7,12-15H2,1H3,(H,24,28). The number of aryl methyl sites for hydroxylation is 2. The van der Waals surface area contributed by atoms with Gasteiger partial charge in [-0.15, -0.1) is 0 Å². The summed E-state index contributed by atoms with van der Waals surface area (Å²) in [6.07, 6.45) is 4.28. The van der Waals surface area contributed by atoms with E-state index in [1.807, 2.05) is 6.92 Å². The third kappa shape index (κ3) is 6.01. The Morgan fingerprint density at radius 1 is 1.26 bits per heavy atom. The Hall–Kier alpha value is -3.00. The van der Waals surface area contributed by atoms with Crippen molar-refractivity contribution in [3.8, 4) is 0 Å². The molecule has 31 heavy (non-hydrogen) atoms. The van der Waals surface area contributed by atoms with Gasteiger partial charge in [-0.05, 0) is 51.2 Å². The van der Waals surface area contributed by atoms with Gasteiger partial charge < -0.3 is 14.8 Å². The number of aldehydes is 1. The quantitative estimate of drug-likeness (QED) is 0.414. The van der Waals surface area contributed by atoms with Gasteiger partial charge in [-0.1, -0.05) is 12.1 Å². The lowest BCUT2D eigenvalue weighted by Crippen LogP contribution is -2.28. The Kier molecular flexibility index (Phi) is 8.35. The molecule has 1 N–H and O–H groups in total. The molecular weight excluding hydrogens is 398 g/mol. The smallest absolute Gasteiger partial charge is 0.338 e. The van der Waals surface area contributed by atoms with Crippen LogP contribution < -0.4 is 5.32 Å². The van der Waals surface area contributed by atoms with Crippen LogP contribution in [0.15, 0.2) is 24.3 Å². The van der Waals surface area contributed by atoms with Crippen molar-refractivity contribution in [3.05, 3.63) is 52.3 Å². The number of nitrogens with zero attached hydrogens (tertiary/aromatic N) is 2. The molecule has 0 atom stereocenters. The van der Waals surface area contributed by atoms with Gasteiger partial charge in [0.05, 0.1) is 17.9 Å². The highest BCUT2D eigenvalue weighted by Gasteiger charge is 2.22. The highest BCUT2D eigenvalue weighted by atomic mass is 16.5. The average Bonchev–Trinajstić information content (AvgIpc) is 3.13. The number of rotatable bonds is 7. The van der Waals surface area contributed by atoms with Gasteiger partial charge in [-0.25, -0.2) is 4.79 Å².